The van der Waals surface area contributed by atoms with E-state index in [-0.39, 0.29) is 6.04 Å². The lowest BCUT2D eigenvalue weighted by Crippen LogP contribution is -2.34. The van der Waals surface area contributed by atoms with Crippen LogP contribution in [-0.4, -0.2) is 21.5 Å². The number of benzene rings is 2. The molecular formula is C26H24ClN5O. The van der Waals surface area contributed by atoms with E-state index < -0.39 is 0 Å². The second kappa shape index (κ2) is 9.46. The largest absolute Gasteiger partial charge is 0.457 e. The molecule has 1 unspecified atom stereocenters. The number of pyridine rings is 1. The summed E-state index contributed by atoms with van der Waals surface area (Å²) in [5, 5.41) is 4.30. The van der Waals surface area contributed by atoms with Crippen molar-refractivity contribution in [2.24, 2.45) is 0 Å². The van der Waals surface area contributed by atoms with Gasteiger partial charge in [-0.3, -0.25) is 4.98 Å². The summed E-state index contributed by atoms with van der Waals surface area (Å²) in [5.74, 6) is 3.21. The molecule has 0 bridgehead atoms. The molecule has 166 valence electrons. The molecule has 2 aromatic heterocycles. The molecule has 0 amide bonds. The average molecular weight is 458 g/mol. The molecular weight excluding hydrogens is 434 g/mol. The first-order chi connectivity index (χ1) is 16.1. The van der Waals surface area contributed by atoms with Gasteiger partial charge in [0.2, 0.25) is 0 Å². The van der Waals surface area contributed by atoms with Gasteiger partial charge in [-0.05, 0) is 61.4 Å². The zero-order chi connectivity index (χ0) is 22.6. The van der Waals surface area contributed by atoms with Crippen LogP contribution in [0, 0.1) is 6.92 Å². The van der Waals surface area contributed by atoms with Crippen LogP contribution in [0.5, 0.6) is 11.5 Å². The highest BCUT2D eigenvalue weighted by Crippen LogP contribution is 2.36. The molecule has 1 atom stereocenters. The first kappa shape index (κ1) is 21.2. The van der Waals surface area contributed by atoms with Crippen molar-refractivity contribution >= 4 is 23.1 Å². The van der Waals surface area contributed by atoms with Gasteiger partial charge >= 0.3 is 0 Å². The summed E-state index contributed by atoms with van der Waals surface area (Å²) < 4.78 is 6.00. The minimum absolute atomic E-state index is 0.107. The molecule has 0 saturated carbocycles. The number of rotatable bonds is 6. The van der Waals surface area contributed by atoms with Gasteiger partial charge in [-0.25, -0.2) is 9.97 Å². The Morgan fingerprint density at radius 3 is 2.67 bits per heavy atom. The van der Waals surface area contributed by atoms with Crippen LogP contribution < -0.4 is 15.0 Å². The number of anilines is 2. The summed E-state index contributed by atoms with van der Waals surface area (Å²) in [4.78, 5) is 15.7. The molecule has 0 spiro atoms. The van der Waals surface area contributed by atoms with Crippen LogP contribution in [0.4, 0.5) is 11.5 Å². The van der Waals surface area contributed by atoms with E-state index in [1.807, 2.05) is 80.1 Å². The SMILES string of the molecule is Cc1ncc2c(n1)N(Cc1ccncc1)CCC2Nc1cccc(Oc2cccc(Cl)c2)c1. The van der Waals surface area contributed by atoms with Gasteiger partial charge in [0.25, 0.3) is 0 Å². The van der Waals surface area contributed by atoms with Gasteiger partial charge in [-0.1, -0.05) is 23.7 Å². The summed E-state index contributed by atoms with van der Waals surface area (Å²) in [5.41, 5.74) is 3.29. The van der Waals surface area contributed by atoms with Crippen molar-refractivity contribution in [3.63, 3.8) is 0 Å². The maximum absolute atomic E-state index is 6.08. The summed E-state index contributed by atoms with van der Waals surface area (Å²) in [6, 6.07) is 19.5. The summed E-state index contributed by atoms with van der Waals surface area (Å²) in [6.45, 7) is 3.61. The Labute approximate surface area is 198 Å². The van der Waals surface area contributed by atoms with Gasteiger partial charge in [0, 0.05) is 54.0 Å². The Morgan fingerprint density at radius 2 is 1.85 bits per heavy atom. The summed E-state index contributed by atoms with van der Waals surface area (Å²) in [6.07, 6.45) is 6.53. The molecule has 0 radical (unpaired) electrons. The second-order valence-electron chi connectivity index (χ2n) is 8.05. The van der Waals surface area contributed by atoms with Crippen LogP contribution in [0.2, 0.25) is 5.02 Å². The van der Waals surface area contributed by atoms with Crippen molar-refractivity contribution < 1.29 is 4.74 Å². The molecule has 7 heteroatoms. The summed E-state index contributed by atoms with van der Waals surface area (Å²) in [7, 11) is 0. The van der Waals surface area contributed by atoms with Crippen molar-refractivity contribution in [1.82, 2.24) is 15.0 Å². The fraction of sp³-hybridized carbons (Fsp3) is 0.192. The first-order valence-corrected chi connectivity index (χ1v) is 11.3. The molecule has 1 aliphatic heterocycles. The number of hydrogen-bond donors (Lipinski definition) is 1. The number of ether oxygens (including phenoxy) is 1. The van der Waals surface area contributed by atoms with E-state index in [0.29, 0.717) is 10.8 Å². The maximum atomic E-state index is 6.08. The lowest BCUT2D eigenvalue weighted by Gasteiger charge is -2.35. The van der Waals surface area contributed by atoms with Crippen LogP contribution in [0.3, 0.4) is 0 Å². The highest BCUT2D eigenvalue weighted by Gasteiger charge is 2.27. The number of halogens is 1. The normalized spacial score (nSPS) is 15.1. The van der Waals surface area contributed by atoms with Crippen LogP contribution in [0.25, 0.3) is 0 Å². The minimum Gasteiger partial charge on any atom is -0.457 e. The molecule has 0 saturated heterocycles. The predicted molar refractivity (Wildman–Crippen MR) is 131 cm³/mol. The summed E-state index contributed by atoms with van der Waals surface area (Å²) >= 11 is 6.08. The van der Waals surface area contributed by atoms with E-state index in [4.69, 9.17) is 21.3 Å². The van der Waals surface area contributed by atoms with Crippen molar-refractivity contribution in [2.45, 2.75) is 25.9 Å². The third kappa shape index (κ3) is 5.07. The first-order valence-electron chi connectivity index (χ1n) is 10.9. The van der Waals surface area contributed by atoms with Gasteiger partial charge in [-0.15, -0.1) is 0 Å². The number of hydrogen-bond acceptors (Lipinski definition) is 6. The van der Waals surface area contributed by atoms with Crippen molar-refractivity contribution in [3.05, 3.63) is 101 Å². The molecule has 33 heavy (non-hydrogen) atoms. The van der Waals surface area contributed by atoms with E-state index >= 15 is 0 Å². The maximum Gasteiger partial charge on any atom is 0.137 e. The standard InChI is InChI=1S/C26H24ClN5O/c1-18-29-16-24-25(10-13-32(26(24)30-18)17-19-8-11-28-12-9-19)31-21-5-3-7-23(15-21)33-22-6-2-4-20(27)14-22/h2-9,11-12,14-16,25,31H,10,13,17H2,1H3. The highest BCUT2D eigenvalue weighted by molar-refractivity contribution is 6.30. The molecule has 0 aliphatic carbocycles. The lowest BCUT2D eigenvalue weighted by atomic mass is 10.00. The molecule has 1 N–H and O–H groups in total. The van der Waals surface area contributed by atoms with Gasteiger partial charge in [-0.2, -0.15) is 0 Å². The fourth-order valence-corrected chi connectivity index (χ4v) is 4.22. The van der Waals surface area contributed by atoms with Crippen LogP contribution >= 0.6 is 11.6 Å². The Bertz CT molecular complexity index is 1250. The predicted octanol–water partition coefficient (Wildman–Crippen LogP) is 6.19. The van der Waals surface area contributed by atoms with Crippen LogP contribution in [0.15, 0.2) is 79.3 Å². The third-order valence-electron chi connectivity index (χ3n) is 5.61. The van der Waals surface area contributed by atoms with Crippen LogP contribution in [0.1, 0.15) is 29.4 Å². The molecule has 6 nitrogen and oxygen atoms in total. The Morgan fingerprint density at radius 1 is 1.06 bits per heavy atom. The smallest absolute Gasteiger partial charge is 0.137 e. The van der Waals surface area contributed by atoms with E-state index in [9.17, 15) is 0 Å². The van der Waals surface area contributed by atoms with E-state index in [0.717, 1.165) is 48.2 Å². The van der Waals surface area contributed by atoms with Gasteiger partial charge in [0.1, 0.15) is 23.1 Å². The minimum atomic E-state index is 0.107. The van der Waals surface area contributed by atoms with Crippen molar-refractivity contribution in [2.75, 3.05) is 16.8 Å². The number of nitrogens with zero attached hydrogens (tertiary/aromatic N) is 4. The fourth-order valence-electron chi connectivity index (χ4n) is 4.04. The van der Waals surface area contributed by atoms with Gasteiger partial charge in [0.05, 0.1) is 6.04 Å². The topological polar surface area (TPSA) is 63.2 Å². The van der Waals surface area contributed by atoms with E-state index in [1.54, 1.807) is 6.07 Å². The van der Waals surface area contributed by atoms with Gasteiger partial charge in [0.15, 0.2) is 0 Å². The Balaban J connectivity index is 1.36. The zero-order valence-electron chi connectivity index (χ0n) is 18.3. The number of fused-ring (bicyclic) bond motifs is 1. The molecule has 2 aromatic carbocycles. The highest BCUT2D eigenvalue weighted by atomic mass is 35.5. The monoisotopic (exact) mass is 457 g/mol. The third-order valence-corrected chi connectivity index (χ3v) is 5.84. The molecule has 4 aromatic rings. The molecule has 5 rings (SSSR count). The van der Waals surface area contributed by atoms with E-state index in [1.165, 1.54) is 5.56 Å². The van der Waals surface area contributed by atoms with E-state index in [2.05, 4.69) is 20.2 Å². The van der Waals surface area contributed by atoms with Gasteiger partial charge < -0.3 is 15.0 Å². The lowest BCUT2D eigenvalue weighted by molar-refractivity contribution is 0.483. The quantitative estimate of drug-likeness (QED) is 0.372. The van der Waals surface area contributed by atoms with Crippen molar-refractivity contribution in [3.8, 4) is 11.5 Å². The second-order valence-corrected chi connectivity index (χ2v) is 8.48. The van der Waals surface area contributed by atoms with Crippen LogP contribution in [-0.2, 0) is 6.54 Å². The average Bonchev–Trinajstić information content (AvgIpc) is 2.81. The molecule has 3 heterocycles. The number of aromatic nitrogens is 3. The molecule has 1 aliphatic rings. The number of aryl methyl sites for hydroxylation is 1. The number of nitrogens with one attached hydrogen (secondary N) is 1. The van der Waals surface area contributed by atoms with Crippen molar-refractivity contribution in [1.29, 1.82) is 0 Å². The Hall–Kier alpha value is -3.64. The molecule has 0 fully saturated rings. The zero-order valence-corrected chi connectivity index (χ0v) is 19.0. The Kier molecular flexibility index (Phi) is 6.09.